The number of ether oxygens (including phenoxy) is 1. The van der Waals surface area contributed by atoms with Gasteiger partial charge in [0.05, 0.1) is 17.5 Å². The van der Waals surface area contributed by atoms with Gasteiger partial charge in [0.15, 0.2) is 5.82 Å². The molecule has 0 bridgehead atoms. The predicted octanol–water partition coefficient (Wildman–Crippen LogP) is 4.79. The number of nitriles is 1. The van der Waals surface area contributed by atoms with E-state index in [4.69, 9.17) is 10.00 Å². The Morgan fingerprint density at radius 3 is 2.69 bits per heavy atom. The number of nitrogens with one attached hydrogen (secondary N) is 2. The SMILES string of the molecule is CC(C)(C)OC(=O)NCc1cncc(F)c1-c1ccc(Cc2c[nH]c3ncc(C#N)cc23)c(F)n1. The van der Waals surface area contributed by atoms with Crippen LogP contribution in [0.25, 0.3) is 22.3 Å². The second-order valence-electron chi connectivity index (χ2n) is 8.88. The summed E-state index contributed by atoms with van der Waals surface area (Å²) in [5.74, 6) is -1.46. The van der Waals surface area contributed by atoms with Crippen LogP contribution in [0.4, 0.5) is 13.6 Å². The fourth-order valence-electron chi connectivity index (χ4n) is 3.58. The number of nitrogens with zero attached hydrogens (tertiary/aromatic N) is 4. The molecule has 2 N–H and O–H groups in total. The minimum absolute atomic E-state index is 0.0384. The second-order valence-corrected chi connectivity index (χ2v) is 8.88. The highest BCUT2D eigenvalue weighted by Crippen LogP contribution is 2.27. The van der Waals surface area contributed by atoms with Gasteiger partial charge in [-0.15, -0.1) is 0 Å². The van der Waals surface area contributed by atoms with Crippen LogP contribution in [0.1, 0.15) is 43.0 Å². The van der Waals surface area contributed by atoms with Crippen LogP contribution in [-0.2, 0) is 17.7 Å². The molecule has 0 saturated carbocycles. The number of H-pyrrole nitrogens is 1. The van der Waals surface area contributed by atoms with Crippen LogP contribution in [0.3, 0.4) is 0 Å². The molecule has 4 heterocycles. The highest BCUT2D eigenvalue weighted by Gasteiger charge is 2.19. The third-order valence-corrected chi connectivity index (χ3v) is 5.11. The topological polar surface area (TPSA) is 117 Å². The molecule has 0 aromatic carbocycles. The second kappa shape index (κ2) is 9.46. The van der Waals surface area contributed by atoms with Crippen molar-refractivity contribution >= 4 is 17.1 Å². The smallest absolute Gasteiger partial charge is 0.407 e. The summed E-state index contributed by atoms with van der Waals surface area (Å²) in [6.07, 6.45) is 5.07. The number of carbonyl (C=O) groups is 1. The number of fused-ring (bicyclic) bond motifs is 1. The molecular weight excluding hydrogens is 454 g/mol. The number of halogens is 2. The number of aromatic amines is 1. The van der Waals surface area contributed by atoms with Gasteiger partial charge in [-0.3, -0.25) is 4.98 Å². The third-order valence-electron chi connectivity index (χ3n) is 5.11. The van der Waals surface area contributed by atoms with Gasteiger partial charge < -0.3 is 15.0 Å². The molecule has 1 amide bonds. The van der Waals surface area contributed by atoms with Crippen LogP contribution in [0.5, 0.6) is 0 Å². The number of pyridine rings is 3. The fourth-order valence-corrected chi connectivity index (χ4v) is 3.58. The maximum absolute atomic E-state index is 15.0. The molecule has 0 atom stereocenters. The van der Waals surface area contributed by atoms with Gasteiger partial charge in [0.25, 0.3) is 0 Å². The molecule has 178 valence electrons. The first-order chi connectivity index (χ1) is 16.6. The molecule has 0 radical (unpaired) electrons. The lowest BCUT2D eigenvalue weighted by Gasteiger charge is -2.20. The predicted molar refractivity (Wildman–Crippen MR) is 124 cm³/mol. The van der Waals surface area contributed by atoms with Crippen LogP contribution >= 0.6 is 0 Å². The molecule has 0 fully saturated rings. The minimum atomic E-state index is -0.761. The van der Waals surface area contributed by atoms with Gasteiger partial charge in [0.2, 0.25) is 5.95 Å². The van der Waals surface area contributed by atoms with Crippen LogP contribution in [0.15, 0.2) is 43.0 Å². The molecular formula is C25H22F2N6O2. The molecule has 0 aliphatic heterocycles. The van der Waals surface area contributed by atoms with Gasteiger partial charge in [-0.25, -0.2) is 19.2 Å². The Labute approximate surface area is 200 Å². The summed E-state index contributed by atoms with van der Waals surface area (Å²) >= 11 is 0. The molecule has 0 saturated heterocycles. The van der Waals surface area contributed by atoms with E-state index >= 15 is 4.39 Å². The number of hydrogen-bond acceptors (Lipinski definition) is 6. The first kappa shape index (κ1) is 23.8. The van der Waals surface area contributed by atoms with Crippen LogP contribution < -0.4 is 5.32 Å². The molecule has 8 nitrogen and oxygen atoms in total. The van der Waals surface area contributed by atoms with Gasteiger partial charge in [0.1, 0.15) is 17.3 Å². The summed E-state index contributed by atoms with van der Waals surface area (Å²) < 4.78 is 34.9. The Balaban J connectivity index is 1.59. The number of aromatic nitrogens is 4. The van der Waals surface area contributed by atoms with E-state index in [1.54, 1.807) is 33.0 Å². The molecule has 35 heavy (non-hydrogen) atoms. The standard InChI is InChI=1S/C25H22F2N6O2/c1-25(2,3)35-24(34)32-12-17-10-29-13-19(26)21(17)20-5-4-15(22(27)33-20)7-16-11-31-23-18(16)6-14(8-28)9-30-23/h4-6,9-11,13H,7,12H2,1-3H3,(H,30,31)(H,32,34). The Morgan fingerprint density at radius 2 is 1.97 bits per heavy atom. The normalized spacial score (nSPS) is 11.3. The Morgan fingerprint density at radius 1 is 1.17 bits per heavy atom. The van der Waals surface area contributed by atoms with Crippen molar-refractivity contribution < 1.29 is 18.3 Å². The van der Waals surface area contributed by atoms with Crippen molar-refractivity contribution in [2.75, 3.05) is 0 Å². The summed E-state index contributed by atoms with van der Waals surface area (Å²) in [6, 6.07) is 6.77. The number of hydrogen-bond donors (Lipinski definition) is 2. The van der Waals surface area contributed by atoms with Crippen molar-refractivity contribution in [3.8, 4) is 17.3 Å². The number of amides is 1. The molecule has 0 spiro atoms. The fraction of sp³-hybridized carbons (Fsp3) is 0.240. The van der Waals surface area contributed by atoms with E-state index in [-0.39, 0.29) is 24.2 Å². The van der Waals surface area contributed by atoms with Crippen molar-refractivity contribution in [1.82, 2.24) is 25.3 Å². The molecule has 4 aromatic rings. The summed E-state index contributed by atoms with van der Waals surface area (Å²) in [5, 5.41) is 12.4. The highest BCUT2D eigenvalue weighted by atomic mass is 19.1. The summed E-state index contributed by atoms with van der Waals surface area (Å²) in [7, 11) is 0. The highest BCUT2D eigenvalue weighted by molar-refractivity contribution is 5.81. The zero-order chi connectivity index (χ0) is 25.2. The molecule has 10 heteroatoms. The molecule has 0 unspecified atom stereocenters. The maximum Gasteiger partial charge on any atom is 0.407 e. The zero-order valence-corrected chi connectivity index (χ0v) is 19.3. The van der Waals surface area contributed by atoms with E-state index in [0.717, 1.165) is 11.8 Å². The van der Waals surface area contributed by atoms with Crippen molar-refractivity contribution in [2.45, 2.75) is 39.3 Å². The molecule has 0 aliphatic rings. The minimum Gasteiger partial charge on any atom is -0.444 e. The molecule has 4 aromatic heterocycles. The summed E-state index contributed by atoms with van der Waals surface area (Å²) in [5.41, 5.74) is 1.76. The Kier molecular flexibility index (Phi) is 6.42. The monoisotopic (exact) mass is 476 g/mol. The molecule has 4 rings (SSSR count). The maximum atomic E-state index is 15.0. The van der Waals surface area contributed by atoms with Crippen molar-refractivity contribution in [3.63, 3.8) is 0 Å². The number of carbonyl (C=O) groups excluding carboxylic acids is 1. The number of rotatable bonds is 5. The average molecular weight is 476 g/mol. The summed E-state index contributed by atoms with van der Waals surface area (Å²) in [4.78, 5) is 27.0. The molecule has 0 aliphatic carbocycles. The van der Waals surface area contributed by atoms with E-state index in [2.05, 4.69) is 25.3 Å². The lowest BCUT2D eigenvalue weighted by molar-refractivity contribution is 0.0523. The van der Waals surface area contributed by atoms with E-state index in [0.29, 0.717) is 27.7 Å². The van der Waals surface area contributed by atoms with E-state index in [1.165, 1.54) is 24.5 Å². The van der Waals surface area contributed by atoms with Gasteiger partial charge in [-0.1, -0.05) is 6.07 Å². The van der Waals surface area contributed by atoms with E-state index in [9.17, 15) is 9.18 Å². The van der Waals surface area contributed by atoms with Gasteiger partial charge >= 0.3 is 6.09 Å². The largest absolute Gasteiger partial charge is 0.444 e. The zero-order valence-electron chi connectivity index (χ0n) is 19.3. The van der Waals surface area contributed by atoms with E-state index < -0.39 is 23.5 Å². The lowest BCUT2D eigenvalue weighted by Crippen LogP contribution is -2.32. The van der Waals surface area contributed by atoms with Crippen molar-refractivity contribution in [1.29, 1.82) is 5.26 Å². The van der Waals surface area contributed by atoms with Crippen molar-refractivity contribution in [3.05, 3.63) is 77.0 Å². The van der Waals surface area contributed by atoms with Crippen LogP contribution in [-0.4, -0.2) is 31.6 Å². The Hall–Kier alpha value is -4.39. The average Bonchev–Trinajstić information content (AvgIpc) is 3.20. The lowest BCUT2D eigenvalue weighted by atomic mass is 10.0. The quantitative estimate of drug-likeness (QED) is 0.400. The third kappa shape index (κ3) is 5.41. The van der Waals surface area contributed by atoms with Crippen LogP contribution in [0.2, 0.25) is 0 Å². The number of alkyl carbamates (subject to hydrolysis) is 1. The van der Waals surface area contributed by atoms with Gasteiger partial charge in [0, 0.05) is 53.6 Å². The van der Waals surface area contributed by atoms with Crippen molar-refractivity contribution in [2.24, 2.45) is 0 Å². The van der Waals surface area contributed by atoms with Gasteiger partial charge in [-0.05, 0) is 38.5 Å². The first-order valence-electron chi connectivity index (χ1n) is 10.8. The first-order valence-corrected chi connectivity index (χ1v) is 10.8. The van der Waals surface area contributed by atoms with Gasteiger partial charge in [-0.2, -0.15) is 9.65 Å². The summed E-state index contributed by atoms with van der Waals surface area (Å²) in [6.45, 7) is 5.10. The van der Waals surface area contributed by atoms with Crippen LogP contribution in [0, 0.1) is 23.1 Å². The van der Waals surface area contributed by atoms with E-state index in [1.807, 2.05) is 6.07 Å². The Bertz CT molecular complexity index is 1450.